The van der Waals surface area contributed by atoms with Gasteiger partial charge in [-0.2, -0.15) is 26.2 Å². The molecule has 17 heteroatoms. The van der Waals surface area contributed by atoms with Crippen LogP contribution in [0, 0.1) is 0 Å². The Kier molecular flexibility index (Phi) is 14.5. The van der Waals surface area contributed by atoms with Crippen LogP contribution in [0.1, 0.15) is 80.7 Å². The number of carbonyl (C=O) groups excluding carboxylic acids is 4. The molecule has 0 fully saturated rings. The number of para-hydroxylation sites is 2. The van der Waals surface area contributed by atoms with E-state index in [2.05, 4.69) is 5.32 Å². The number of aromatic nitrogens is 1. The quantitative estimate of drug-likeness (QED) is 0.0319. The largest absolute Gasteiger partial charge is 0.516 e. The van der Waals surface area contributed by atoms with Crippen molar-refractivity contribution in [2.45, 2.75) is 70.3 Å². The van der Waals surface area contributed by atoms with E-state index < -0.39 is 45.2 Å². The van der Waals surface area contributed by atoms with Gasteiger partial charge in [0.1, 0.15) is 29.4 Å². The molecule has 4 aromatic carbocycles. The number of methoxy groups -OCH3 is 2. The van der Waals surface area contributed by atoms with Gasteiger partial charge in [0.2, 0.25) is 34.8 Å². The van der Waals surface area contributed by atoms with Crippen LogP contribution in [0.25, 0.3) is 33.3 Å². The minimum Gasteiger partial charge on any atom is -0.506 e. The zero-order valence-corrected chi connectivity index (χ0v) is 38.0. The highest BCUT2D eigenvalue weighted by Crippen LogP contribution is 2.46. The summed E-state index contributed by atoms with van der Waals surface area (Å²) >= 11 is 0. The monoisotopic (exact) mass is 939 g/mol. The first-order chi connectivity index (χ1) is 32.1. The van der Waals surface area contributed by atoms with Crippen molar-refractivity contribution in [3.63, 3.8) is 0 Å². The summed E-state index contributed by atoms with van der Waals surface area (Å²) in [4.78, 5) is 54.1. The van der Waals surface area contributed by atoms with Crippen LogP contribution in [-0.4, -0.2) is 84.6 Å². The van der Waals surface area contributed by atoms with E-state index in [4.69, 9.17) is 9.47 Å². The number of hydrogen-bond acceptors (Lipinski definition) is 9. The van der Waals surface area contributed by atoms with Gasteiger partial charge in [0.25, 0.3) is 0 Å². The Labute approximate surface area is 385 Å². The number of amides is 2. The molecule has 0 radical (unpaired) electrons. The number of nitrogens with one attached hydrogen (secondary N) is 2. The minimum absolute atomic E-state index is 0.0210. The van der Waals surface area contributed by atoms with Gasteiger partial charge in [0.15, 0.2) is 0 Å². The molecular weight excluding hydrogens is 890 g/mol. The average Bonchev–Trinajstić information content (AvgIpc) is 3.87. The maximum absolute atomic E-state index is 14.8. The van der Waals surface area contributed by atoms with Gasteiger partial charge >= 0.3 is 15.5 Å². The number of fused-ring (bicyclic) bond motifs is 2. The number of rotatable bonds is 19. The number of unbranched alkanes of at least 4 members (excludes halogenated alkanes) is 4. The second kappa shape index (κ2) is 20.2. The summed E-state index contributed by atoms with van der Waals surface area (Å²) in [5.74, 6) is -2.69. The first kappa shape index (κ1) is 47.9. The maximum Gasteiger partial charge on any atom is 0.516 e. The Hall–Kier alpha value is -7.01. The molecular formula is C50H50F3N4O9S+. The van der Waals surface area contributed by atoms with Crippen LogP contribution in [0.2, 0.25) is 0 Å². The molecule has 0 saturated carbocycles. The molecule has 0 unspecified atom stereocenters. The van der Waals surface area contributed by atoms with Gasteiger partial charge in [0, 0.05) is 48.7 Å². The second-order valence-corrected chi connectivity index (χ2v) is 17.7. The van der Waals surface area contributed by atoms with Gasteiger partial charge in [0.05, 0.1) is 47.9 Å². The normalized spacial score (nSPS) is 15.1. The standard InChI is InChI=1S/C50H49F3N4O9S/c1-4-54-39(58)27-7-5-17-29-56-43(35-23-13-15-25-37(35)65-2)31-19-9-11-21-33(31)45(56)41-47(60)42(49(62)48(41)61)46-34-22-12-10-20-32(34)44(36-24-14-16-26-38(36)66-3)57(46)30-18-6-8-28-40(59)55-67(63,64)50(51,52)53/h9-16,19-26H,4-8,17-18,27-30H2,1-3H3,(H2-,54,55,58,59,60,61,62)/p+1. The van der Waals surface area contributed by atoms with Gasteiger partial charge in [-0.15, -0.1) is 0 Å². The van der Waals surface area contributed by atoms with E-state index in [0.29, 0.717) is 89.3 Å². The van der Waals surface area contributed by atoms with Crippen LogP contribution in [0.15, 0.2) is 108 Å². The molecule has 0 saturated heterocycles. The van der Waals surface area contributed by atoms with Crippen molar-refractivity contribution >= 4 is 61.2 Å². The number of sulfonamides is 1. The summed E-state index contributed by atoms with van der Waals surface area (Å²) in [6.45, 7) is 2.86. The number of benzene rings is 4. The van der Waals surface area contributed by atoms with Gasteiger partial charge in [-0.3, -0.25) is 19.2 Å². The van der Waals surface area contributed by atoms with E-state index in [1.165, 1.54) is 7.11 Å². The predicted octanol–water partition coefficient (Wildman–Crippen LogP) is 8.24. The van der Waals surface area contributed by atoms with Gasteiger partial charge < -0.3 is 24.5 Å². The number of Topliss-reactive ketones (excluding diaryl/α,β-unsaturated/α-hetero) is 2. The Morgan fingerprint density at radius 1 is 0.672 bits per heavy atom. The number of halogens is 3. The molecule has 0 bridgehead atoms. The molecule has 5 aromatic rings. The molecule has 350 valence electrons. The SMILES string of the molecule is CCNC(=O)CCCCC[N+]1=C(c2ccccc2OC)c2ccccc2/C1=C1\C(=O)C(=O)C(c2c3ccccc3c(-c3ccccc3OC)n2CCCCCC(=O)NS(=O)(=O)C(F)(F)F)=C1O. The summed E-state index contributed by atoms with van der Waals surface area (Å²) in [7, 11) is -2.79. The number of carbonyl (C=O) groups is 4. The number of allylic oxidation sites excluding steroid dienone is 2. The molecule has 0 spiro atoms. The molecule has 67 heavy (non-hydrogen) atoms. The highest BCUT2D eigenvalue weighted by atomic mass is 32.2. The third kappa shape index (κ3) is 9.50. The fourth-order valence-corrected chi connectivity index (χ4v) is 9.38. The summed E-state index contributed by atoms with van der Waals surface area (Å²) in [6.07, 6.45) is 2.23. The first-order valence-corrected chi connectivity index (χ1v) is 23.4. The van der Waals surface area contributed by atoms with Crippen LogP contribution in [0.5, 0.6) is 11.5 Å². The molecule has 7 rings (SSSR count). The molecule has 2 aliphatic rings. The molecule has 13 nitrogen and oxygen atoms in total. The van der Waals surface area contributed by atoms with Crippen molar-refractivity contribution in [1.82, 2.24) is 14.6 Å². The third-order valence-electron chi connectivity index (χ3n) is 11.8. The molecule has 0 atom stereocenters. The van der Waals surface area contributed by atoms with E-state index >= 15 is 0 Å². The Morgan fingerprint density at radius 2 is 1.19 bits per heavy atom. The van der Waals surface area contributed by atoms with Crippen molar-refractivity contribution in [3.05, 3.63) is 131 Å². The van der Waals surface area contributed by atoms with Gasteiger partial charge in [-0.05, 0) is 69.0 Å². The zero-order chi connectivity index (χ0) is 48.0. The fraction of sp³-hybridized carbons (Fsp3) is 0.300. The van der Waals surface area contributed by atoms with Crippen molar-refractivity contribution in [3.8, 4) is 22.8 Å². The van der Waals surface area contributed by atoms with Crippen molar-refractivity contribution < 1.29 is 59.9 Å². The van der Waals surface area contributed by atoms with Crippen LogP contribution in [0.3, 0.4) is 0 Å². The molecule has 1 aliphatic carbocycles. The lowest BCUT2D eigenvalue weighted by Gasteiger charge is -2.16. The Morgan fingerprint density at radius 3 is 1.82 bits per heavy atom. The summed E-state index contributed by atoms with van der Waals surface area (Å²) < 4.78 is 78.2. The number of alkyl halides is 3. The van der Waals surface area contributed by atoms with Crippen molar-refractivity contribution in [2.24, 2.45) is 0 Å². The molecule has 2 amide bonds. The summed E-state index contributed by atoms with van der Waals surface area (Å²) in [5.41, 5.74) is -1.49. The lowest BCUT2D eigenvalue weighted by Crippen LogP contribution is -2.40. The van der Waals surface area contributed by atoms with Crippen LogP contribution in [-0.2, 0) is 35.7 Å². The maximum atomic E-state index is 14.8. The lowest BCUT2D eigenvalue weighted by atomic mass is 9.97. The molecule has 1 aliphatic heterocycles. The summed E-state index contributed by atoms with van der Waals surface area (Å²) in [5, 5.41) is 16.7. The molecule has 1 aromatic heterocycles. The Bertz CT molecular complexity index is 2990. The van der Waals surface area contributed by atoms with Crippen LogP contribution >= 0.6 is 0 Å². The third-order valence-corrected chi connectivity index (χ3v) is 12.9. The number of aliphatic hydroxyl groups is 1. The number of nitrogens with zero attached hydrogens (tertiary/aromatic N) is 2. The number of ketones is 2. The van der Waals surface area contributed by atoms with Gasteiger partial charge in [-0.1, -0.05) is 67.1 Å². The van der Waals surface area contributed by atoms with E-state index in [9.17, 15) is 45.9 Å². The van der Waals surface area contributed by atoms with E-state index in [1.807, 2.05) is 88.9 Å². The van der Waals surface area contributed by atoms with Crippen molar-refractivity contribution in [1.29, 1.82) is 0 Å². The Balaban J connectivity index is 1.38. The van der Waals surface area contributed by atoms with Crippen LogP contribution < -0.4 is 19.5 Å². The lowest BCUT2D eigenvalue weighted by molar-refractivity contribution is -0.428. The first-order valence-electron chi connectivity index (χ1n) is 21.9. The average molecular weight is 940 g/mol. The number of hydrogen-bond donors (Lipinski definition) is 3. The van der Waals surface area contributed by atoms with E-state index in [0.717, 1.165) is 15.8 Å². The number of aliphatic hydroxyl groups excluding tert-OH is 1. The zero-order valence-electron chi connectivity index (χ0n) is 37.2. The van der Waals surface area contributed by atoms with E-state index in [-0.39, 0.29) is 48.6 Å². The van der Waals surface area contributed by atoms with E-state index in [1.54, 1.807) is 31.4 Å². The smallest absolute Gasteiger partial charge is 0.506 e. The topological polar surface area (TPSA) is 173 Å². The highest BCUT2D eigenvalue weighted by Gasteiger charge is 2.49. The van der Waals surface area contributed by atoms with Crippen molar-refractivity contribution in [2.75, 3.05) is 27.3 Å². The van der Waals surface area contributed by atoms with Gasteiger partial charge in [-0.25, -0.2) is 4.72 Å². The second-order valence-electron chi connectivity index (χ2n) is 16.0. The highest BCUT2D eigenvalue weighted by molar-refractivity contribution is 7.90. The minimum atomic E-state index is -5.86. The fourth-order valence-electron chi connectivity index (χ4n) is 8.86. The summed E-state index contributed by atoms with van der Waals surface area (Å²) in [6, 6.07) is 29.3. The number of ether oxygens (including phenoxy) is 2. The predicted molar refractivity (Wildman–Crippen MR) is 247 cm³/mol. The van der Waals surface area contributed by atoms with Crippen LogP contribution in [0.4, 0.5) is 13.2 Å². The molecule has 2 heterocycles. The molecule has 3 N–H and O–H groups in total.